The van der Waals surface area contributed by atoms with Crippen molar-refractivity contribution < 1.29 is 9.59 Å². The lowest BCUT2D eigenvalue weighted by Crippen LogP contribution is -2.50. The molecule has 0 bridgehead atoms. The number of carbonyl (C=O) groups excluding carboxylic acids is 2. The zero-order valence-electron chi connectivity index (χ0n) is 8.08. The van der Waals surface area contributed by atoms with Crippen LogP contribution in [0.1, 0.15) is 19.3 Å². The summed E-state index contributed by atoms with van der Waals surface area (Å²) in [6, 6.07) is 0.156. The minimum atomic E-state index is -0.00241. The van der Waals surface area contributed by atoms with Gasteiger partial charge in [0.15, 0.2) is 0 Å². The molecule has 1 atom stereocenters. The summed E-state index contributed by atoms with van der Waals surface area (Å²) in [5.41, 5.74) is 0. The quantitative estimate of drug-likeness (QED) is 0.637. The van der Waals surface area contributed by atoms with Gasteiger partial charge in [-0.15, -0.1) is 0 Å². The van der Waals surface area contributed by atoms with Gasteiger partial charge in [-0.1, -0.05) is 0 Å². The Bertz CT molecular complexity index is 254. The highest BCUT2D eigenvalue weighted by molar-refractivity contribution is 5.79. The molecule has 0 aromatic heterocycles. The van der Waals surface area contributed by atoms with Crippen LogP contribution >= 0.6 is 0 Å². The van der Waals surface area contributed by atoms with E-state index in [0.29, 0.717) is 13.0 Å². The third-order valence-corrected chi connectivity index (χ3v) is 2.69. The van der Waals surface area contributed by atoms with E-state index in [1.165, 1.54) is 0 Å². The SMILES string of the molecule is O=C1CCC(CN2CCCNC2=O)N1. The summed E-state index contributed by atoms with van der Waals surface area (Å²) in [6.45, 7) is 2.22. The van der Waals surface area contributed by atoms with Gasteiger partial charge in [0.1, 0.15) is 0 Å². The lowest BCUT2D eigenvalue weighted by atomic mass is 10.2. The van der Waals surface area contributed by atoms with E-state index in [4.69, 9.17) is 0 Å². The van der Waals surface area contributed by atoms with Crippen molar-refractivity contribution in [1.29, 1.82) is 0 Å². The van der Waals surface area contributed by atoms with Gasteiger partial charge in [0.05, 0.1) is 0 Å². The van der Waals surface area contributed by atoms with Gasteiger partial charge < -0.3 is 15.5 Å². The number of hydrogen-bond acceptors (Lipinski definition) is 2. The molecule has 0 saturated carbocycles. The molecule has 5 nitrogen and oxygen atoms in total. The molecule has 0 aliphatic carbocycles. The number of carbonyl (C=O) groups is 2. The topological polar surface area (TPSA) is 61.4 Å². The van der Waals surface area contributed by atoms with Crippen LogP contribution in [0, 0.1) is 0 Å². The first kappa shape index (κ1) is 9.30. The van der Waals surface area contributed by atoms with E-state index < -0.39 is 0 Å². The van der Waals surface area contributed by atoms with Crippen molar-refractivity contribution in [1.82, 2.24) is 15.5 Å². The largest absolute Gasteiger partial charge is 0.352 e. The second-order valence-electron chi connectivity index (χ2n) is 3.83. The van der Waals surface area contributed by atoms with Crippen LogP contribution in [0.15, 0.2) is 0 Å². The lowest BCUT2D eigenvalue weighted by molar-refractivity contribution is -0.119. The second-order valence-corrected chi connectivity index (χ2v) is 3.83. The zero-order valence-corrected chi connectivity index (χ0v) is 8.08. The Labute approximate surface area is 82.8 Å². The van der Waals surface area contributed by atoms with Crippen LogP contribution in [0.25, 0.3) is 0 Å². The summed E-state index contributed by atoms with van der Waals surface area (Å²) in [6.07, 6.45) is 2.44. The smallest absolute Gasteiger partial charge is 0.317 e. The van der Waals surface area contributed by atoms with E-state index in [0.717, 1.165) is 25.9 Å². The van der Waals surface area contributed by atoms with E-state index in [1.807, 2.05) is 0 Å². The van der Waals surface area contributed by atoms with Gasteiger partial charge in [-0.3, -0.25) is 4.79 Å². The Morgan fingerprint density at radius 1 is 1.43 bits per heavy atom. The minimum absolute atomic E-state index is 0.00241. The third-order valence-electron chi connectivity index (χ3n) is 2.69. The molecular formula is C9H15N3O2. The van der Waals surface area contributed by atoms with Crippen LogP contribution in [-0.4, -0.2) is 42.5 Å². The molecular weight excluding hydrogens is 182 g/mol. The van der Waals surface area contributed by atoms with Crippen LogP contribution in [0.2, 0.25) is 0 Å². The Hall–Kier alpha value is -1.26. The second kappa shape index (κ2) is 3.86. The summed E-state index contributed by atoms with van der Waals surface area (Å²) >= 11 is 0. The van der Waals surface area contributed by atoms with Crippen molar-refractivity contribution in [3.8, 4) is 0 Å². The van der Waals surface area contributed by atoms with Crippen LogP contribution in [0.4, 0.5) is 4.79 Å². The van der Waals surface area contributed by atoms with E-state index >= 15 is 0 Å². The van der Waals surface area contributed by atoms with Gasteiger partial charge in [-0.2, -0.15) is 0 Å². The first-order valence-corrected chi connectivity index (χ1v) is 5.08. The summed E-state index contributed by atoms with van der Waals surface area (Å²) < 4.78 is 0. The van der Waals surface area contributed by atoms with Crippen molar-refractivity contribution in [3.05, 3.63) is 0 Å². The molecule has 78 valence electrons. The molecule has 0 aromatic rings. The molecule has 0 aromatic carbocycles. The minimum Gasteiger partial charge on any atom is -0.352 e. The normalized spacial score (nSPS) is 27.4. The number of urea groups is 1. The fourth-order valence-corrected chi connectivity index (χ4v) is 1.93. The zero-order chi connectivity index (χ0) is 9.97. The molecule has 2 saturated heterocycles. The van der Waals surface area contributed by atoms with Crippen molar-refractivity contribution in [2.45, 2.75) is 25.3 Å². The predicted octanol–water partition coefficient (Wildman–Crippen LogP) is -0.320. The molecule has 3 amide bonds. The predicted molar refractivity (Wildman–Crippen MR) is 50.8 cm³/mol. The van der Waals surface area contributed by atoms with Gasteiger partial charge in [-0.25, -0.2) is 4.79 Å². The average molecular weight is 197 g/mol. The monoisotopic (exact) mass is 197 g/mol. The molecule has 14 heavy (non-hydrogen) atoms. The summed E-state index contributed by atoms with van der Waals surface area (Å²) in [4.78, 5) is 24.1. The Morgan fingerprint density at radius 2 is 2.29 bits per heavy atom. The van der Waals surface area contributed by atoms with Gasteiger partial charge in [0, 0.05) is 32.1 Å². The van der Waals surface area contributed by atoms with Gasteiger partial charge in [-0.05, 0) is 12.8 Å². The summed E-state index contributed by atoms with van der Waals surface area (Å²) in [7, 11) is 0. The highest BCUT2D eigenvalue weighted by atomic mass is 16.2. The van der Waals surface area contributed by atoms with Gasteiger partial charge in [0.2, 0.25) is 5.91 Å². The fourth-order valence-electron chi connectivity index (χ4n) is 1.93. The molecule has 5 heteroatoms. The summed E-state index contributed by atoms with van der Waals surface area (Å²) in [5.74, 6) is 0.104. The standard InChI is InChI=1S/C9H15N3O2/c13-8-3-2-7(11-8)6-12-5-1-4-10-9(12)14/h7H,1-6H2,(H,10,14)(H,11,13). The Balaban J connectivity index is 1.84. The van der Waals surface area contributed by atoms with Crippen molar-refractivity contribution in [2.24, 2.45) is 0 Å². The van der Waals surface area contributed by atoms with Crippen molar-refractivity contribution in [3.63, 3.8) is 0 Å². The first-order valence-electron chi connectivity index (χ1n) is 5.08. The highest BCUT2D eigenvalue weighted by Gasteiger charge is 2.26. The fraction of sp³-hybridized carbons (Fsp3) is 0.778. The Morgan fingerprint density at radius 3 is 2.93 bits per heavy atom. The molecule has 1 unspecified atom stereocenters. The molecule has 0 radical (unpaired) electrons. The maximum Gasteiger partial charge on any atom is 0.317 e. The molecule has 2 aliphatic heterocycles. The number of rotatable bonds is 2. The van der Waals surface area contributed by atoms with Crippen LogP contribution in [-0.2, 0) is 4.79 Å². The molecule has 2 N–H and O–H groups in total. The lowest BCUT2D eigenvalue weighted by Gasteiger charge is -2.29. The average Bonchev–Trinajstić information content (AvgIpc) is 2.56. The van der Waals surface area contributed by atoms with Gasteiger partial charge >= 0.3 is 6.03 Å². The first-order chi connectivity index (χ1) is 6.75. The number of nitrogens with one attached hydrogen (secondary N) is 2. The Kier molecular flexibility index (Phi) is 2.56. The number of nitrogens with zero attached hydrogens (tertiary/aromatic N) is 1. The molecule has 2 fully saturated rings. The molecule has 0 spiro atoms. The maximum absolute atomic E-state index is 11.4. The van der Waals surface area contributed by atoms with Crippen LogP contribution in [0.3, 0.4) is 0 Å². The number of amides is 3. The van der Waals surface area contributed by atoms with Crippen LogP contribution < -0.4 is 10.6 Å². The van der Waals surface area contributed by atoms with E-state index in [-0.39, 0.29) is 18.0 Å². The summed E-state index contributed by atoms with van der Waals surface area (Å²) in [5, 5.41) is 5.65. The highest BCUT2D eigenvalue weighted by Crippen LogP contribution is 2.09. The van der Waals surface area contributed by atoms with E-state index in [2.05, 4.69) is 10.6 Å². The van der Waals surface area contributed by atoms with Crippen molar-refractivity contribution in [2.75, 3.05) is 19.6 Å². The maximum atomic E-state index is 11.4. The molecule has 2 heterocycles. The van der Waals surface area contributed by atoms with Crippen molar-refractivity contribution >= 4 is 11.9 Å². The van der Waals surface area contributed by atoms with E-state index in [9.17, 15) is 9.59 Å². The molecule has 2 aliphatic rings. The third kappa shape index (κ3) is 1.97. The van der Waals surface area contributed by atoms with Gasteiger partial charge in [0.25, 0.3) is 0 Å². The van der Waals surface area contributed by atoms with Crippen LogP contribution in [0.5, 0.6) is 0 Å². The number of hydrogen-bond donors (Lipinski definition) is 2. The van der Waals surface area contributed by atoms with E-state index in [1.54, 1.807) is 4.90 Å². The molecule has 2 rings (SSSR count).